The number of nitrogens with zero attached hydrogens (tertiary/aromatic N) is 1. The van der Waals surface area contributed by atoms with E-state index in [1.807, 2.05) is 0 Å². The van der Waals surface area contributed by atoms with Crippen molar-refractivity contribution in [2.75, 3.05) is 13.1 Å². The molecule has 104 valence electrons. The van der Waals surface area contributed by atoms with Gasteiger partial charge in [0.25, 0.3) is 5.91 Å². The first kappa shape index (κ1) is 14.5. The molecule has 1 heterocycles. The minimum atomic E-state index is -0.503. The maximum Gasteiger partial charge on any atom is 0.257 e. The molecule has 1 atom stereocenters. The van der Waals surface area contributed by atoms with Gasteiger partial charge >= 0.3 is 0 Å². The molecule has 0 radical (unpaired) electrons. The van der Waals surface area contributed by atoms with Crippen LogP contribution in [0.3, 0.4) is 0 Å². The fourth-order valence-electron chi connectivity index (χ4n) is 2.45. The molecule has 0 spiro atoms. The first-order chi connectivity index (χ1) is 9.00. The highest BCUT2D eigenvalue weighted by Crippen LogP contribution is 2.25. The van der Waals surface area contributed by atoms with Crippen molar-refractivity contribution in [3.8, 4) is 0 Å². The summed E-state index contributed by atoms with van der Waals surface area (Å²) in [5, 5.41) is 9.54. The van der Waals surface area contributed by atoms with Gasteiger partial charge in [0.2, 0.25) is 0 Å². The number of carbonyl (C=O) groups is 1. The van der Waals surface area contributed by atoms with Crippen LogP contribution >= 0.6 is 15.9 Å². The molecular formula is C14H17BrFNO2. The van der Waals surface area contributed by atoms with Gasteiger partial charge in [0.05, 0.1) is 11.7 Å². The van der Waals surface area contributed by atoms with E-state index >= 15 is 0 Å². The smallest absolute Gasteiger partial charge is 0.257 e. The molecule has 1 fully saturated rings. The van der Waals surface area contributed by atoms with Crippen molar-refractivity contribution in [2.45, 2.75) is 25.9 Å². The van der Waals surface area contributed by atoms with Crippen LogP contribution in [0, 0.1) is 11.7 Å². The largest absolute Gasteiger partial charge is 0.393 e. The number of amides is 1. The summed E-state index contributed by atoms with van der Waals surface area (Å²) in [7, 11) is 0. The Morgan fingerprint density at radius 3 is 2.63 bits per heavy atom. The lowest BCUT2D eigenvalue weighted by molar-refractivity contribution is 0.0517. The van der Waals surface area contributed by atoms with Crippen molar-refractivity contribution in [3.05, 3.63) is 34.1 Å². The topological polar surface area (TPSA) is 40.5 Å². The summed E-state index contributed by atoms with van der Waals surface area (Å²) in [5.74, 6) is -0.556. The number of likely N-dealkylation sites (tertiary alicyclic amines) is 1. The average molecular weight is 330 g/mol. The van der Waals surface area contributed by atoms with E-state index in [0.717, 1.165) is 12.8 Å². The lowest BCUT2D eigenvalue weighted by Crippen LogP contribution is -2.41. The summed E-state index contributed by atoms with van der Waals surface area (Å²) in [6, 6.07) is 4.52. The van der Waals surface area contributed by atoms with Gasteiger partial charge in [-0.05, 0) is 53.7 Å². The molecule has 1 unspecified atom stereocenters. The number of piperidine rings is 1. The molecule has 5 heteroatoms. The van der Waals surface area contributed by atoms with Crippen LogP contribution in [0.5, 0.6) is 0 Å². The first-order valence-electron chi connectivity index (χ1n) is 6.42. The van der Waals surface area contributed by atoms with Gasteiger partial charge in [-0.25, -0.2) is 4.39 Å². The summed E-state index contributed by atoms with van der Waals surface area (Å²) in [6.07, 6.45) is 1.17. The van der Waals surface area contributed by atoms with Crippen LogP contribution in [-0.2, 0) is 0 Å². The molecule has 1 N–H and O–H groups in total. The molecule has 19 heavy (non-hydrogen) atoms. The number of halogens is 2. The third-order valence-corrected chi connectivity index (χ3v) is 4.35. The monoisotopic (exact) mass is 329 g/mol. The highest BCUT2D eigenvalue weighted by atomic mass is 79.9. The number of hydrogen-bond acceptors (Lipinski definition) is 2. The third-order valence-electron chi connectivity index (χ3n) is 3.69. The van der Waals surface area contributed by atoms with E-state index in [-0.39, 0.29) is 23.5 Å². The maximum atomic E-state index is 13.7. The van der Waals surface area contributed by atoms with Crippen molar-refractivity contribution >= 4 is 21.8 Å². The molecular weight excluding hydrogens is 313 g/mol. The van der Waals surface area contributed by atoms with Crippen LogP contribution < -0.4 is 0 Å². The van der Waals surface area contributed by atoms with Gasteiger partial charge in [-0.2, -0.15) is 0 Å². The second-order valence-corrected chi connectivity index (χ2v) is 5.82. The van der Waals surface area contributed by atoms with Gasteiger partial charge in [-0.1, -0.05) is 6.07 Å². The average Bonchev–Trinajstić information content (AvgIpc) is 2.38. The fraction of sp³-hybridized carbons (Fsp3) is 0.500. The van der Waals surface area contributed by atoms with Gasteiger partial charge < -0.3 is 10.0 Å². The molecule has 3 nitrogen and oxygen atoms in total. The molecule has 0 bridgehead atoms. The van der Waals surface area contributed by atoms with Gasteiger partial charge in [-0.3, -0.25) is 4.79 Å². The zero-order valence-corrected chi connectivity index (χ0v) is 12.4. The lowest BCUT2D eigenvalue weighted by Gasteiger charge is -2.33. The van der Waals surface area contributed by atoms with Crippen LogP contribution in [0.1, 0.15) is 30.1 Å². The van der Waals surface area contributed by atoms with Gasteiger partial charge in [0, 0.05) is 17.6 Å². The van der Waals surface area contributed by atoms with E-state index in [9.17, 15) is 14.3 Å². The van der Waals surface area contributed by atoms with Crippen LogP contribution in [0.2, 0.25) is 0 Å². The summed E-state index contributed by atoms with van der Waals surface area (Å²) in [5.41, 5.74) is 0.0954. The Bertz CT molecular complexity index is 450. The normalized spacial score (nSPS) is 18.4. The summed E-state index contributed by atoms with van der Waals surface area (Å²) in [6.45, 7) is 2.90. The fourth-order valence-corrected chi connectivity index (χ4v) is 2.96. The molecule has 0 saturated carbocycles. The van der Waals surface area contributed by atoms with Crippen molar-refractivity contribution in [2.24, 2.45) is 5.92 Å². The van der Waals surface area contributed by atoms with E-state index in [2.05, 4.69) is 15.9 Å². The Morgan fingerprint density at radius 1 is 1.47 bits per heavy atom. The Balaban J connectivity index is 2.10. The van der Waals surface area contributed by atoms with E-state index in [4.69, 9.17) is 0 Å². The summed E-state index contributed by atoms with van der Waals surface area (Å²) < 4.78 is 14.2. The Morgan fingerprint density at radius 2 is 2.11 bits per heavy atom. The minimum absolute atomic E-state index is 0.0954. The molecule has 0 aromatic heterocycles. The minimum Gasteiger partial charge on any atom is -0.393 e. The standard InChI is InChI=1S/C14H17BrFNO2/c1-9(18)10-5-7-17(8-6-10)14(19)13-11(15)3-2-4-12(13)16/h2-4,9-10,18H,5-8H2,1H3. The number of hydrogen-bond donors (Lipinski definition) is 1. The second kappa shape index (κ2) is 6.01. The van der Waals surface area contributed by atoms with E-state index in [1.54, 1.807) is 24.0 Å². The maximum absolute atomic E-state index is 13.7. The quantitative estimate of drug-likeness (QED) is 0.906. The van der Waals surface area contributed by atoms with E-state index in [1.165, 1.54) is 6.07 Å². The van der Waals surface area contributed by atoms with Crippen LogP contribution in [0.4, 0.5) is 4.39 Å². The number of aliphatic hydroxyl groups excluding tert-OH is 1. The molecule has 0 aliphatic carbocycles. The van der Waals surface area contributed by atoms with Crippen LogP contribution in [0.25, 0.3) is 0 Å². The second-order valence-electron chi connectivity index (χ2n) is 4.97. The number of carbonyl (C=O) groups excluding carboxylic acids is 1. The van der Waals surface area contributed by atoms with E-state index < -0.39 is 5.82 Å². The molecule has 1 aliphatic rings. The van der Waals surface area contributed by atoms with E-state index in [0.29, 0.717) is 17.6 Å². The zero-order chi connectivity index (χ0) is 14.0. The predicted molar refractivity (Wildman–Crippen MR) is 74.4 cm³/mol. The van der Waals surface area contributed by atoms with Crippen LogP contribution in [-0.4, -0.2) is 35.1 Å². The predicted octanol–water partition coefficient (Wildman–Crippen LogP) is 2.82. The molecule has 1 saturated heterocycles. The molecule has 1 aromatic rings. The van der Waals surface area contributed by atoms with Crippen LogP contribution in [0.15, 0.2) is 22.7 Å². The SMILES string of the molecule is CC(O)C1CCN(C(=O)c2c(F)cccc2Br)CC1. The Hall–Kier alpha value is -0.940. The van der Waals surface area contributed by atoms with Crippen molar-refractivity contribution in [1.82, 2.24) is 4.90 Å². The molecule has 2 rings (SSSR count). The third kappa shape index (κ3) is 3.15. The van der Waals surface area contributed by atoms with Crippen molar-refractivity contribution < 1.29 is 14.3 Å². The lowest BCUT2D eigenvalue weighted by atomic mass is 9.92. The highest BCUT2D eigenvalue weighted by Gasteiger charge is 2.28. The summed E-state index contributed by atoms with van der Waals surface area (Å²) in [4.78, 5) is 14.0. The highest BCUT2D eigenvalue weighted by molar-refractivity contribution is 9.10. The Kier molecular flexibility index (Phi) is 4.58. The molecule has 1 aliphatic heterocycles. The summed E-state index contributed by atoms with van der Waals surface area (Å²) >= 11 is 3.22. The van der Waals surface area contributed by atoms with Gasteiger partial charge in [0.15, 0.2) is 0 Å². The number of benzene rings is 1. The zero-order valence-electron chi connectivity index (χ0n) is 10.8. The Labute approximate surface area is 120 Å². The van der Waals surface area contributed by atoms with Crippen molar-refractivity contribution in [3.63, 3.8) is 0 Å². The molecule has 1 amide bonds. The number of aliphatic hydroxyl groups is 1. The van der Waals surface area contributed by atoms with Gasteiger partial charge in [-0.15, -0.1) is 0 Å². The first-order valence-corrected chi connectivity index (χ1v) is 7.21. The van der Waals surface area contributed by atoms with Gasteiger partial charge in [0.1, 0.15) is 5.82 Å². The number of rotatable bonds is 2. The molecule has 1 aromatic carbocycles. The van der Waals surface area contributed by atoms with Crippen molar-refractivity contribution in [1.29, 1.82) is 0 Å².